The lowest BCUT2D eigenvalue weighted by atomic mass is 9.74. The highest BCUT2D eigenvalue weighted by molar-refractivity contribution is 7.80. The Balaban J connectivity index is 3.97. The van der Waals surface area contributed by atoms with Crippen LogP contribution < -0.4 is 0 Å². The maximum atomic E-state index is 5.11. The lowest BCUT2D eigenvalue weighted by molar-refractivity contribution is 0.203. The van der Waals surface area contributed by atoms with E-state index < -0.39 is 0 Å². The average Bonchev–Trinajstić information content (AvgIpc) is 2.01. The average molecular weight is 200 g/mol. The van der Waals surface area contributed by atoms with E-state index in [1.807, 2.05) is 0 Å². The molecule has 0 rings (SSSR count). The molecule has 0 spiro atoms. The maximum absolute atomic E-state index is 5.11. The van der Waals surface area contributed by atoms with Gasteiger partial charge in [-0.05, 0) is 36.0 Å². The summed E-state index contributed by atoms with van der Waals surface area (Å²) in [6, 6.07) is 0. The van der Waals surface area contributed by atoms with Crippen molar-refractivity contribution >= 4 is 17.1 Å². The van der Waals surface area contributed by atoms with E-state index in [2.05, 4.69) is 34.6 Å². The van der Waals surface area contributed by atoms with Crippen molar-refractivity contribution in [2.45, 2.75) is 60.3 Å². The molecule has 0 heterocycles. The molecule has 0 nitrogen and oxygen atoms in total. The van der Waals surface area contributed by atoms with Crippen molar-refractivity contribution in [3.8, 4) is 0 Å². The largest absolute Gasteiger partial charge is 0.0900 e. The first-order valence-electron chi connectivity index (χ1n) is 5.39. The highest BCUT2D eigenvalue weighted by Crippen LogP contribution is 2.34. The van der Waals surface area contributed by atoms with Gasteiger partial charge < -0.3 is 0 Å². The standard InChI is InChI=1S/C12H24S/c1-6-7-10(2)12(4,5)9-8-11(3)13/h10H,6-9H2,1-5H3. The van der Waals surface area contributed by atoms with Gasteiger partial charge in [-0.1, -0.05) is 52.8 Å². The zero-order chi connectivity index (χ0) is 10.5. The zero-order valence-electron chi connectivity index (χ0n) is 9.81. The molecule has 0 aromatic carbocycles. The number of hydrogen-bond donors (Lipinski definition) is 0. The molecule has 0 radical (unpaired) electrons. The molecule has 0 saturated carbocycles. The molecule has 0 aromatic heterocycles. The summed E-state index contributed by atoms with van der Waals surface area (Å²) in [6.45, 7) is 11.4. The first kappa shape index (κ1) is 13.1. The fourth-order valence-corrected chi connectivity index (χ4v) is 1.67. The third-order valence-corrected chi connectivity index (χ3v) is 3.38. The van der Waals surface area contributed by atoms with E-state index in [-0.39, 0.29) is 0 Å². The second kappa shape index (κ2) is 5.74. The SMILES string of the molecule is CCCC(C)C(C)(C)CCC(C)=S. The molecule has 78 valence electrons. The molecule has 0 aliphatic carbocycles. The van der Waals surface area contributed by atoms with Crippen LogP contribution in [0.15, 0.2) is 0 Å². The fourth-order valence-electron chi connectivity index (χ4n) is 1.57. The van der Waals surface area contributed by atoms with Gasteiger partial charge in [0.1, 0.15) is 0 Å². The van der Waals surface area contributed by atoms with Crippen LogP contribution in [0.4, 0.5) is 0 Å². The molecule has 1 unspecified atom stereocenters. The van der Waals surface area contributed by atoms with Crippen molar-refractivity contribution in [3.05, 3.63) is 0 Å². The predicted molar refractivity (Wildman–Crippen MR) is 65.4 cm³/mol. The van der Waals surface area contributed by atoms with Gasteiger partial charge in [-0.25, -0.2) is 0 Å². The number of hydrogen-bond acceptors (Lipinski definition) is 1. The maximum Gasteiger partial charge on any atom is -0.0102 e. The highest BCUT2D eigenvalue weighted by atomic mass is 32.1. The Bertz CT molecular complexity index is 159. The first-order chi connectivity index (χ1) is 5.90. The van der Waals surface area contributed by atoms with Crippen molar-refractivity contribution in [3.63, 3.8) is 0 Å². The van der Waals surface area contributed by atoms with Gasteiger partial charge in [0.2, 0.25) is 0 Å². The summed E-state index contributed by atoms with van der Waals surface area (Å²) >= 11 is 5.11. The third-order valence-electron chi connectivity index (χ3n) is 3.18. The van der Waals surface area contributed by atoms with Crippen LogP contribution in [0, 0.1) is 11.3 Å². The van der Waals surface area contributed by atoms with E-state index >= 15 is 0 Å². The van der Waals surface area contributed by atoms with Crippen LogP contribution in [0.2, 0.25) is 0 Å². The minimum atomic E-state index is 0.454. The van der Waals surface area contributed by atoms with Crippen LogP contribution in [0.5, 0.6) is 0 Å². The molecule has 0 aliphatic heterocycles. The van der Waals surface area contributed by atoms with Crippen LogP contribution >= 0.6 is 12.2 Å². The van der Waals surface area contributed by atoms with Crippen LogP contribution in [0.25, 0.3) is 0 Å². The van der Waals surface area contributed by atoms with Crippen molar-refractivity contribution in [2.24, 2.45) is 11.3 Å². The quantitative estimate of drug-likeness (QED) is 0.564. The monoisotopic (exact) mass is 200 g/mol. The molecule has 13 heavy (non-hydrogen) atoms. The third kappa shape index (κ3) is 5.41. The summed E-state index contributed by atoms with van der Waals surface area (Å²) < 4.78 is 0. The summed E-state index contributed by atoms with van der Waals surface area (Å²) in [7, 11) is 0. The van der Waals surface area contributed by atoms with Gasteiger partial charge in [0.25, 0.3) is 0 Å². The van der Waals surface area contributed by atoms with Crippen molar-refractivity contribution < 1.29 is 0 Å². The Morgan fingerprint density at radius 3 is 2.31 bits per heavy atom. The molecule has 0 saturated heterocycles. The van der Waals surface area contributed by atoms with Gasteiger partial charge in [0.15, 0.2) is 0 Å². The first-order valence-corrected chi connectivity index (χ1v) is 5.80. The second-order valence-electron chi connectivity index (χ2n) is 4.88. The summed E-state index contributed by atoms with van der Waals surface area (Å²) in [5, 5.41) is 0. The molecule has 0 bridgehead atoms. The molecular weight excluding hydrogens is 176 g/mol. The van der Waals surface area contributed by atoms with Gasteiger partial charge in [0, 0.05) is 0 Å². The van der Waals surface area contributed by atoms with E-state index in [4.69, 9.17) is 12.2 Å². The molecule has 0 fully saturated rings. The van der Waals surface area contributed by atoms with E-state index in [1.165, 1.54) is 19.3 Å². The summed E-state index contributed by atoms with van der Waals surface area (Å²) in [5.41, 5.74) is 0.454. The van der Waals surface area contributed by atoms with Gasteiger partial charge in [-0.15, -0.1) is 0 Å². The Morgan fingerprint density at radius 1 is 1.38 bits per heavy atom. The molecular formula is C12H24S. The lowest BCUT2D eigenvalue weighted by Gasteiger charge is -2.31. The van der Waals surface area contributed by atoms with Crippen molar-refractivity contribution in [1.82, 2.24) is 0 Å². The topological polar surface area (TPSA) is 0 Å². The van der Waals surface area contributed by atoms with E-state index in [0.29, 0.717) is 5.41 Å². The Morgan fingerprint density at radius 2 is 1.92 bits per heavy atom. The number of thiocarbonyl (C=S) groups is 1. The lowest BCUT2D eigenvalue weighted by Crippen LogP contribution is -2.22. The minimum absolute atomic E-state index is 0.454. The summed E-state index contributed by atoms with van der Waals surface area (Å²) in [6.07, 6.45) is 4.98. The highest BCUT2D eigenvalue weighted by Gasteiger charge is 2.24. The van der Waals surface area contributed by atoms with Gasteiger partial charge in [-0.2, -0.15) is 0 Å². The predicted octanol–water partition coefficient (Wildman–Crippen LogP) is 4.62. The minimum Gasteiger partial charge on any atom is -0.0900 e. The Kier molecular flexibility index (Phi) is 5.78. The Labute approximate surface area is 89.1 Å². The van der Waals surface area contributed by atoms with Gasteiger partial charge >= 0.3 is 0 Å². The molecule has 0 aromatic rings. The summed E-state index contributed by atoms with van der Waals surface area (Å²) in [4.78, 5) is 1.15. The number of rotatable bonds is 6. The molecule has 1 heteroatoms. The van der Waals surface area contributed by atoms with E-state index in [9.17, 15) is 0 Å². The molecule has 0 amide bonds. The Hall–Kier alpha value is 0.0900. The second-order valence-corrected chi connectivity index (χ2v) is 5.58. The summed E-state index contributed by atoms with van der Waals surface area (Å²) in [5.74, 6) is 0.812. The van der Waals surface area contributed by atoms with Crippen LogP contribution in [-0.4, -0.2) is 4.86 Å². The zero-order valence-corrected chi connectivity index (χ0v) is 10.6. The van der Waals surface area contributed by atoms with Gasteiger partial charge in [0.05, 0.1) is 0 Å². The molecule has 1 atom stereocenters. The fraction of sp³-hybridized carbons (Fsp3) is 0.917. The van der Waals surface area contributed by atoms with Crippen molar-refractivity contribution in [1.29, 1.82) is 0 Å². The normalized spacial score (nSPS) is 14.2. The molecule has 0 aliphatic rings. The molecule has 0 N–H and O–H groups in total. The van der Waals surface area contributed by atoms with E-state index in [0.717, 1.165) is 17.2 Å². The van der Waals surface area contributed by atoms with Crippen LogP contribution in [0.3, 0.4) is 0 Å². The van der Waals surface area contributed by atoms with Crippen LogP contribution in [0.1, 0.15) is 60.3 Å². The van der Waals surface area contributed by atoms with Crippen LogP contribution in [-0.2, 0) is 0 Å². The smallest absolute Gasteiger partial charge is 0.0102 e. The van der Waals surface area contributed by atoms with Crippen molar-refractivity contribution in [2.75, 3.05) is 0 Å². The van der Waals surface area contributed by atoms with E-state index in [1.54, 1.807) is 0 Å². The van der Waals surface area contributed by atoms with Gasteiger partial charge in [-0.3, -0.25) is 0 Å².